The summed E-state index contributed by atoms with van der Waals surface area (Å²) in [6.07, 6.45) is 3.25. The van der Waals surface area contributed by atoms with Crippen LogP contribution in [0.2, 0.25) is 0 Å². The Morgan fingerprint density at radius 1 is 0.848 bits per heavy atom. The molecule has 168 valence electrons. The van der Waals surface area contributed by atoms with Gasteiger partial charge in [0.05, 0.1) is 4.90 Å². The number of hydrogen-bond acceptors (Lipinski definition) is 7. The summed E-state index contributed by atoms with van der Waals surface area (Å²) in [5, 5.41) is 4.87. The van der Waals surface area contributed by atoms with Crippen molar-refractivity contribution < 1.29 is 8.42 Å². The van der Waals surface area contributed by atoms with Crippen molar-refractivity contribution in [2.75, 3.05) is 36.4 Å². The number of pyridine rings is 1. The monoisotopic (exact) mass is 460 g/mol. The minimum Gasteiger partial charge on any atom is -0.354 e. The zero-order valence-corrected chi connectivity index (χ0v) is 19.0. The Balaban J connectivity index is 1.31. The second kappa shape index (κ2) is 8.76. The van der Waals surface area contributed by atoms with Gasteiger partial charge in [-0.15, -0.1) is 0 Å². The number of aryl methyl sites for hydroxylation is 1. The van der Waals surface area contributed by atoms with Gasteiger partial charge in [-0.1, -0.05) is 36.4 Å². The van der Waals surface area contributed by atoms with Gasteiger partial charge in [0.25, 0.3) is 0 Å². The number of hydrogen-bond donors (Lipinski definition) is 1. The number of anilines is 3. The van der Waals surface area contributed by atoms with Crippen LogP contribution in [0, 0.1) is 6.92 Å². The minimum atomic E-state index is -3.59. The third-order valence-electron chi connectivity index (χ3n) is 5.75. The van der Waals surface area contributed by atoms with Crippen molar-refractivity contribution in [1.29, 1.82) is 0 Å². The van der Waals surface area contributed by atoms with Gasteiger partial charge in [0.1, 0.15) is 23.8 Å². The average Bonchev–Trinajstić information content (AvgIpc) is 2.84. The van der Waals surface area contributed by atoms with Crippen LogP contribution in [-0.2, 0) is 10.0 Å². The van der Waals surface area contributed by atoms with E-state index in [1.807, 2.05) is 55.5 Å². The lowest BCUT2D eigenvalue weighted by atomic mass is 10.1. The van der Waals surface area contributed by atoms with Crippen molar-refractivity contribution in [3.05, 3.63) is 78.8 Å². The quantitative estimate of drug-likeness (QED) is 0.487. The van der Waals surface area contributed by atoms with E-state index < -0.39 is 10.0 Å². The van der Waals surface area contributed by atoms with Crippen molar-refractivity contribution in [3.63, 3.8) is 0 Å². The summed E-state index contributed by atoms with van der Waals surface area (Å²) in [6.45, 7) is 3.87. The third kappa shape index (κ3) is 4.37. The molecular formula is C24H24N6O2S. The molecule has 2 aromatic carbocycles. The Labute approximate surface area is 193 Å². The molecule has 5 rings (SSSR count). The van der Waals surface area contributed by atoms with Crippen LogP contribution in [-0.4, -0.2) is 53.9 Å². The number of fused-ring (bicyclic) bond motifs is 1. The van der Waals surface area contributed by atoms with E-state index in [9.17, 15) is 8.42 Å². The van der Waals surface area contributed by atoms with Crippen LogP contribution in [0.15, 0.2) is 78.1 Å². The predicted octanol–water partition coefficient (Wildman–Crippen LogP) is 3.59. The maximum atomic E-state index is 13.4. The van der Waals surface area contributed by atoms with Gasteiger partial charge < -0.3 is 10.2 Å². The molecule has 9 heteroatoms. The van der Waals surface area contributed by atoms with Gasteiger partial charge in [0.15, 0.2) is 0 Å². The lowest BCUT2D eigenvalue weighted by molar-refractivity contribution is 0.384. The molecule has 33 heavy (non-hydrogen) atoms. The Kier molecular flexibility index (Phi) is 5.65. The van der Waals surface area contributed by atoms with Crippen LogP contribution in [0.1, 0.15) is 5.56 Å². The molecule has 3 heterocycles. The van der Waals surface area contributed by atoms with Gasteiger partial charge in [0.2, 0.25) is 10.0 Å². The minimum absolute atomic E-state index is 0.355. The molecule has 0 spiro atoms. The van der Waals surface area contributed by atoms with Crippen molar-refractivity contribution in [2.45, 2.75) is 11.8 Å². The lowest BCUT2D eigenvalue weighted by Crippen LogP contribution is -2.49. The first-order valence-electron chi connectivity index (χ1n) is 10.8. The topological polar surface area (TPSA) is 91.3 Å². The van der Waals surface area contributed by atoms with Crippen molar-refractivity contribution >= 4 is 38.2 Å². The van der Waals surface area contributed by atoms with Crippen LogP contribution in [0.5, 0.6) is 0 Å². The summed E-state index contributed by atoms with van der Waals surface area (Å²) >= 11 is 0. The van der Waals surface area contributed by atoms with Crippen molar-refractivity contribution in [1.82, 2.24) is 19.3 Å². The normalized spacial score (nSPS) is 15.0. The highest BCUT2D eigenvalue weighted by atomic mass is 32.2. The highest BCUT2D eigenvalue weighted by Crippen LogP contribution is 2.27. The molecule has 0 aliphatic carbocycles. The number of aromatic nitrogens is 3. The summed E-state index contributed by atoms with van der Waals surface area (Å²) in [5.41, 5.74) is 1.10. The van der Waals surface area contributed by atoms with E-state index in [0.29, 0.717) is 42.7 Å². The molecule has 1 fully saturated rings. The van der Waals surface area contributed by atoms with Crippen LogP contribution < -0.4 is 10.2 Å². The van der Waals surface area contributed by atoms with Gasteiger partial charge in [-0.2, -0.15) is 4.31 Å². The summed E-state index contributed by atoms with van der Waals surface area (Å²) in [6, 6.07) is 18.7. The van der Waals surface area contributed by atoms with Crippen LogP contribution >= 0.6 is 0 Å². The molecule has 0 saturated carbocycles. The fourth-order valence-corrected chi connectivity index (χ4v) is 5.68. The van der Waals surface area contributed by atoms with Crippen molar-refractivity contribution in [3.8, 4) is 0 Å². The number of nitrogens with one attached hydrogen (secondary N) is 1. The first-order chi connectivity index (χ1) is 16.0. The Morgan fingerprint density at radius 3 is 2.42 bits per heavy atom. The summed E-state index contributed by atoms with van der Waals surface area (Å²) in [7, 11) is -3.59. The number of nitrogens with zero attached hydrogens (tertiary/aromatic N) is 5. The molecule has 1 saturated heterocycles. The van der Waals surface area contributed by atoms with Gasteiger partial charge in [-0.3, -0.25) is 0 Å². The number of benzene rings is 2. The van der Waals surface area contributed by atoms with Crippen LogP contribution in [0.25, 0.3) is 10.8 Å². The standard InChI is InChI=1S/C24H24N6O2S/c1-18-9-10-25-22(15-18)28-23-16-24(27-17-26-23)29-11-13-30(14-12-29)33(31,32)21-8-4-6-19-5-2-3-7-20(19)21/h2-10,15-17H,11-14H2,1H3,(H,25,26,27,28). The Bertz CT molecular complexity index is 1400. The molecule has 0 amide bonds. The molecule has 0 atom stereocenters. The van der Waals surface area contributed by atoms with E-state index in [1.54, 1.807) is 22.6 Å². The maximum Gasteiger partial charge on any atom is 0.243 e. The largest absolute Gasteiger partial charge is 0.354 e. The fraction of sp³-hybridized carbons (Fsp3) is 0.208. The van der Waals surface area contributed by atoms with E-state index in [-0.39, 0.29) is 0 Å². The molecule has 1 N–H and O–H groups in total. The lowest BCUT2D eigenvalue weighted by Gasteiger charge is -2.34. The highest BCUT2D eigenvalue weighted by Gasteiger charge is 2.30. The molecule has 1 aliphatic heterocycles. The molecule has 0 unspecified atom stereocenters. The zero-order valence-electron chi connectivity index (χ0n) is 18.2. The van der Waals surface area contributed by atoms with Crippen molar-refractivity contribution in [2.24, 2.45) is 0 Å². The predicted molar refractivity (Wildman–Crippen MR) is 129 cm³/mol. The number of sulfonamides is 1. The molecule has 1 aliphatic rings. The second-order valence-electron chi connectivity index (χ2n) is 7.97. The molecular weight excluding hydrogens is 436 g/mol. The molecule has 2 aromatic heterocycles. The van der Waals surface area contributed by atoms with Gasteiger partial charge in [-0.25, -0.2) is 23.4 Å². The Morgan fingerprint density at radius 2 is 1.61 bits per heavy atom. The summed E-state index contributed by atoms with van der Waals surface area (Å²) in [4.78, 5) is 15.4. The molecule has 0 radical (unpaired) electrons. The highest BCUT2D eigenvalue weighted by molar-refractivity contribution is 7.89. The molecule has 8 nitrogen and oxygen atoms in total. The zero-order chi connectivity index (χ0) is 22.8. The van der Waals surface area contributed by atoms with Crippen LogP contribution in [0.4, 0.5) is 17.5 Å². The number of rotatable bonds is 5. The SMILES string of the molecule is Cc1ccnc(Nc2cc(N3CCN(S(=O)(=O)c4cccc5ccccc45)CC3)ncn2)c1. The fourth-order valence-electron chi connectivity index (χ4n) is 4.04. The average molecular weight is 461 g/mol. The van der Waals surface area contributed by atoms with E-state index in [2.05, 4.69) is 25.2 Å². The second-order valence-corrected chi connectivity index (χ2v) is 9.88. The van der Waals surface area contributed by atoms with E-state index in [0.717, 1.165) is 22.2 Å². The van der Waals surface area contributed by atoms with Gasteiger partial charge >= 0.3 is 0 Å². The Hall–Kier alpha value is -3.56. The molecule has 0 bridgehead atoms. The van der Waals surface area contributed by atoms with Gasteiger partial charge in [-0.05, 0) is 36.1 Å². The van der Waals surface area contributed by atoms with Crippen LogP contribution in [0.3, 0.4) is 0 Å². The van der Waals surface area contributed by atoms with E-state index >= 15 is 0 Å². The first kappa shape index (κ1) is 21.3. The van der Waals surface area contributed by atoms with E-state index in [4.69, 9.17) is 0 Å². The summed E-state index contributed by atoms with van der Waals surface area (Å²) < 4.78 is 28.3. The van der Waals surface area contributed by atoms with E-state index in [1.165, 1.54) is 6.33 Å². The maximum absolute atomic E-state index is 13.4. The third-order valence-corrected chi connectivity index (χ3v) is 7.71. The van der Waals surface area contributed by atoms with Gasteiger partial charge in [0, 0.05) is 43.8 Å². The molecule has 4 aromatic rings. The summed E-state index contributed by atoms with van der Waals surface area (Å²) in [5.74, 6) is 2.11. The first-order valence-corrected chi connectivity index (χ1v) is 12.2. The smallest absolute Gasteiger partial charge is 0.243 e. The number of piperazine rings is 1.